The second-order valence-corrected chi connectivity index (χ2v) is 3.73. The maximum Gasteiger partial charge on any atom is 0.195 e. The SMILES string of the molecule is Cc1sc2ncc(N)n2c1C. The molecule has 2 rings (SSSR count). The number of anilines is 1. The van der Waals surface area contributed by atoms with Crippen LogP contribution in [0.25, 0.3) is 4.96 Å². The third-order valence-corrected chi connectivity index (χ3v) is 2.92. The number of fused-ring (bicyclic) bond motifs is 1. The van der Waals surface area contributed by atoms with Gasteiger partial charge in [-0.2, -0.15) is 0 Å². The van der Waals surface area contributed by atoms with Crippen LogP contribution in [0.15, 0.2) is 6.20 Å². The van der Waals surface area contributed by atoms with Gasteiger partial charge in [-0.3, -0.25) is 4.40 Å². The fourth-order valence-electron chi connectivity index (χ4n) is 1.12. The molecule has 0 aliphatic heterocycles. The minimum absolute atomic E-state index is 0.724. The number of nitrogen functional groups attached to an aromatic ring is 1. The van der Waals surface area contributed by atoms with Crippen LogP contribution in [0.1, 0.15) is 10.6 Å². The Morgan fingerprint density at radius 3 is 2.91 bits per heavy atom. The molecule has 0 bridgehead atoms. The first-order valence-electron chi connectivity index (χ1n) is 3.39. The molecule has 0 saturated carbocycles. The summed E-state index contributed by atoms with van der Waals surface area (Å²) in [6.07, 6.45) is 1.69. The lowest BCUT2D eigenvalue weighted by Crippen LogP contribution is -1.92. The highest BCUT2D eigenvalue weighted by molar-refractivity contribution is 7.17. The van der Waals surface area contributed by atoms with Crippen molar-refractivity contribution in [2.75, 3.05) is 5.73 Å². The van der Waals surface area contributed by atoms with Gasteiger partial charge in [0.05, 0.1) is 6.20 Å². The molecule has 0 atom stereocenters. The summed E-state index contributed by atoms with van der Waals surface area (Å²) in [5.41, 5.74) is 6.89. The average Bonchev–Trinajstić information content (AvgIpc) is 2.41. The van der Waals surface area contributed by atoms with Gasteiger partial charge in [-0.1, -0.05) is 0 Å². The number of aromatic nitrogens is 2. The van der Waals surface area contributed by atoms with Crippen molar-refractivity contribution < 1.29 is 0 Å². The summed E-state index contributed by atoms with van der Waals surface area (Å²) in [5.74, 6) is 0.724. The lowest BCUT2D eigenvalue weighted by Gasteiger charge is -1.92. The predicted molar refractivity (Wildman–Crippen MR) is 47.0 cm³/mol. The van der Waals surface area contributed by atoms with E-state index in [0.29, 0.717) is 0 Å². The lowest BCUT2D eigenvalue weighted by atomic mass is 10.4. The number of thiazole rings is 1. The van der Waals surface area contributed by atoms with Gasteiger partial charge in [0.25, 0.3) is 0 Å². The van der Waals surface area contributed by atoms with E-state index in [9.17, 15) is 0 Å². The number of aryl methyl sites for hydroxylation is 2. The quantitative estimate of drug-likeness (QED) is 0.647. The van der Waals surface area contributed by atoms with E-state index in [1.165, 1.54) is 10.6 Å². The van der Waals surface area contributed by atoms with Crippen molar-refractivity contribution in [2.24, 2.45) is 0 Å². The molecule has 0 fully saturated rings. The first-order chi connectivity index (χ1) is 5.20. The Bertz CT molecular complexity index is 399. The Morgan fingerprint density at radius 1 is 1.55 bits per heavy atom. The lowest BCUT2D eigenvalue weighted by molar-refractivity contribution is 1.12. The van der Waals surface area contributed by atoms with Gasteiger partial charge in [0, 0.05) is 10.6 Å². The largest absolute Gasteiger partial charge is 0.383 e. The van der Waals surface area contributed by atoms with Gasteiger partial charge in [0.15, 0.2) is 4.96 Å². The van der Waals surface area contributed by atoms with E-state index in [2.05, 4.69) is 18.8 Å². The van der Waals surface area contributed by atoms with Crippen LogP contribution in [0, 0.1) is 13.8 Å². The first-order valence-corrected chi connectivity index (χ1v) is 4.20. The van der Waals surface area contributed by atoms with Gasteiger partial charge in [-0.25, -0.2) is 4.98 Å². The molecular formula is C7H9N3S. The molecule has 0 saturated heterocycles. The number of nitrogens with two attached hydrogens (primary N) is 1. The van der Waals surface area contributed by atoms with Crippen molar-refractivity contribution in [3.8, 4) is 0 Å². The highest BCUT2D eigenvalue weighted by Crippen LogP contribution is 2.23. The van der Waals surface area contributed by atoms with Crippen LogP contribution in [0.5, 0.6) is 0 Å². The highest BCUT2D eigenvalue weighted by Gasteiger charge is 2.07. The maximum absolute atomic E-state index is 5.70. The minimum atomic E-state index is 0.724. The molecule has 2 aromatic heterocycles. The van der Waals surface area contributed by atoms with E-state index in [1.54, 1.807) is 17.5 Å². The van der Waals surface area contributed by atoms with Crippen LogP contribution in [0.3, 0.4) is 0 Å². The zero-order chi connectivity index (χ0) is 8.01. The Hall–Kier alpha value is -1.03. The van der Waals surface area contributed by atoms with Crippen LogP contribution in [-0.4, -0.2) is 9.38 Å². The van der Waals surface area contributed by atoms with Gasteiger partial charge < -0.3 is 5.73 Å². The van der Waals surface area contributed by atoms with Crippen LogP contribution in [0.2, 0.25) is 0 Å². The number of hydrogen-bond acceptors (Lipinski definition) is 3. The molecule has 2 N–H and O–H groups in total. The molecule has 58 valence electrons. The second-order valence-electron chi connectivity index (χ2n) is 2.54. The van der Waals surface area contributed by atoms with Gasteiger partial charge in [-0.05, 0) is 13.8 Å². The van der Waals surface area contributed by atoms with Crippen LogP contribution in [-0.2, 0) is 0 Å². The highest BCUT2D eigenvalue weighted by atomic mass is 32.1. The zero-order valence-corrected chi connectivity index (χ0v) is 7.27. The second kappa shape index (κ2) is 1.98. The molecule has 2 heterocycles. The number of rotatable bonds is 0. The molecule has 0 aromatic carbocycles. The molecule has 3 nitrogen and oxygen atoms in total. The van der Waals surface area contributed by atoms with Gasteiger partial charge in [-0.15, -0.1) is 11.3 Å². The Morgan fingerprint density at radius 2 is 2.27 bits per heavy atom. The monoisotopic (exact) mass is 167 g/mol. The topological polar surface area (TPSA) is 43.3 Å². The number of imidazole rings is 1. The third-order valence-electron chi connectivity index (χ3n) is 1.85. The van der Waals surface area contributed by atoms with Crippen molar-refractivity contribution in [3.05, 3.63) is 16.8 Å². The summed E-state index contributed by atoms with van der Waals surface area (Å²) in [5, 5.41) is 0. The Labute approximate surface area is 68.5 Å². The molecule has 2 aromatic rings. The standard InChI is InChI=1S/C7H9N3S/c1-4-5(2)11-7-9-3-6(8)10(4)7/h3H,8H2,1-2H3. The van der Waals surface area contributed by atoms with E-state index in [1.807, 2.05) is 4.40 Å². The van der Waals surface area contributed by atoms with Crippen LogP contribution in [0.4, 0.5) is 5.82 Å². The minimum Gasteiger partial charge on any atom is -0.383 e. The summed E-state index contributed by atoms with van der Waals surface area (Å²) in [6.45, 7) is 4.13. The fraction of sp³-hybridized carbons (Fsp3) is 0.286. The van der Waals surface area contributed by atoms with Crippen molar-refractivity contribution in [3.63, 3.8) is 0 Å². The molecule has 0 aliphatic rings. The molecule has 0 radical (unpaired) electrons. The Kier molecular flexibility index (Phi) is 1.20. The van der Waals surface area contributed by atoms with Gasteiger partial charge >= 0.3 is 0 Å². The molecular weight excluding hydrogens is 158 g/mol. The molecule has 0 aliphatic carbocycles. The van der Waals surface area contributed by atoms with Crippen molar-refractivity contribution >= 4 is 22.1 Å². The van der Waals surface area contributed by atoms with Crippen molar-refractivity contribution in [2.45, 2.75) is 13.8 Å². The molecule has 4 heteroatoms. The number of nitrogens with zero attached hydrogens (tertiary/aromatic N) is 2. The fourth-order valence-corrected chi connectivity index (χ4v) is 2.08. The average molecular weight is 167 g/mol. The first kappa shape index (κ1) is 6.67. The van der Waals surface area contributed by atoms with E-state index >= 15 is 0 Å². The maximum atomic E-state index is 5.70. The van der Waals surface area contributed by atoms with E-state index < -0.39 is 0 Å². The van der Waals surface area contributed by atoms with Crippen molar-refractivity contribution in [1.29, 1.82) is 0 Å². The van der Waals surface area contributed by atoms with Crippen LogP contribution >= 0.6 is 11.3 Å². The van der Waals surface area contributed by atoms with Crippen molar-refractivity contribution in [1.82, 2.24) is 9.38 Å². The van der Waals surface area contributed by atoms with E-state index in [4.69, 9.17) is 5.73 Å². The van der Waals surface area contributed by atoms with Gasteiger partial charge in [0.1, 0.15) is 5.82 Å². The normalized spacial score (nSPS) is 11.1. The smallest absolute Gasteiger partial charge is 0.195 e. The summed E-state index contributed by atoms with van der Waals surface area (Å²) in [7, 11) is 0. The third kappa shape index (κ3) is 0.758. The summed E-state index contributed by atoms with van der Waals surface area (Å²) >= 11 is 1.67. The molecule has 11 heavy (non-hydrogen) atoms. The Balaban J connectivity index is 2.95. The molecule has 0 unspecified atom stereocenters. The summed E-state index contributed by atoms with van der Waals surface area (Å²) in [6, 6.07) is 0. The molecule has 0 spiro atoms. The van der Waals surface area contributed by atoms with Crippen LogP contribution < -0.4 is 5.73 Å². The summed E-state index contributed by atoms with van der Waals surface area (Å²) in [4.78, 5) is 6.42. The number of hydrogen-bond donors (Lipinski definition) is 1. The van der Waals surface area contributed by atoms with E-state index in [0.717, 1.165) is 10.8 Å². The van der Waals surface area contributed by atoms with Gasteiger partial charge in [0.2, 0.25) is 0 Å². The zero-order valence-electron chi connectivity index (χ0n) is 6.46. The molecule has 0 amide bonds. The predicted octanol–water partition coefficient (Wildman–Crippen LogP) is 1.59. The summed E-state index contributed by atoms with van der Waals surface area (Å²) < 4.78 is 1.97. The van der Waals surface area contributed by atoms with E-state index in [-0.39, 0.29) is 0 Å².